The zero-order chi connectivity index (χ0) is 18.3. The van der Waals surface area contributed by atoms with Crippen LogP contribution in [-0.4, -0.2) is 15.5 Å². The molecule has 2 heterocycles. The molecule has 0 saturated carbocycles. The van der Waals surface area contributed by atoms with Gasteiger partial charge in [0.1, 0.15) is 11.4 Å². The van der Waals surface area contributed by atoms with Crippen LogP contribution in [0, 0.1) is 6.92 Å². The van der Waals surface area contributed by atoms with Crippen molar-refractivity contribution in [2.45, 2.75) is 45.7 Å². The molecule has 1 unspecified atom stereocenters. The summed E-state index contributed by atoms with van der Waals surface area (Å²) in [6.45, 7) is 3.90. The van der Waals surface area contributed by atoms with Gasteiger partial charge in [-0.3, -0.25) is 14.2 Å². The Balaban J connectivity index is 1.48. The fourth-order valence-electron chi connectivity index (χ4n) is 3.58. The van der Waals surface area contributed by atoms with E-state index in [2.05, 4.69) is 28.5 Å². The first-order valence-corrected chi connectivity index (χ1v) is 9.69. The van der Waals surface area contributed by atoms with Crippen molar-refractivity contribution in [2.75, 3.05) is 0 Å². The fourth-order valence-corrected chi connectivity index (χ4v) is 4.42. The van der Waals surface area contributed by atoms with Gasteiger partial charge in [0.15, 0.2) is 0 Å². The molecule has 0 fully saturated rings. The van der Waals surface area contributed by atoms with Gasteiger partial charge >= 0.3 is 0 Å². The number of nitrogens with one attached hydrogen (secondary N) is 1. The number of nitrogens with zero attached hydrogens (tertiary/aromatic N) is 2. The van der Waals surface area contributed by atoms with Gasteiger partial charge in [-0.1, -0.05) is 18.2 Å². The van der Waals surface area contributed by atoms with E-state index in [-0.39, 0.29) is 24.1 Å². The van der Waals surface area contributed by atoms with Crippen molar-refractivity contribution in [3.05, 3.63) is 62.5 Å². The van der Waals surface area contributed by atoms with Crippen LogP contribution in [0.25, 0.3) is 10.2 Å². The molecule has 26 heavy (non-hydrogen) atoms. The average Bonchev–Trinajstić information content (AvgIpc) is 3.22. The molecule has 3 aromatic rings. The SMILES string of the molecule is Cc1cc2c(=O)n(CC(=O)NC(C)c3ccc4c(c3)CCC4)cnc2s1. The Morgan fingerprint density at radius 1 is 1.31 bits per heavy atom. The number of carbonyl (C=O) groups excluding carboxylic acids is 1. The summed E-state index contributed by atoms with van der Waals surface area (Å²) in [5.74, 6) is -0.187. The molecule has 1 atom stereocenters. The summed E-state index contributed by atoms with van der Waals surface area (Å²) < 4.78 is 1.37. The normalized spacial score (nSPS) is 14.4. The molecule has 2 aromatic heterocycles. The predicted molar refractivity (Wildman–Crippen MR) is 104 cm³/mol. The van der Waals surface area contributed by atoms with Gasteiger partial charge in [0.05, 0.1) is 17.8 Å². The van der Waals surface area contributed by atoms with Gasteiger partial charge in [-0.05, 0) is 55.9 Å². The first-order chi connectivity index (χ1) is 12.5. The van der Waals surface area contributed by atoms with Crippen LogP contribution in [0.4, 0.5) is 0 Å². The summed E-state index contributed by atoms with van der Waals surface area (Å²) in [5.41, 5.74) is 3.75. The number of fused-ring (bicyclic) bond motifs is 2. The molecule has 0 radical (unpaired) electrons. The van der Waals surface area contributed by atoms with Gasteiger partial charge in [0.25, 0.3) is 5.56 Å². The minimum atomic E-state index is -0.187. The van der Waals surface area contributed by atoms with Crippen molar-refractivity contribution < 1.29 is 4.79 Å². The van der Waals surface area contributed by atoms with E-state index in [0.29, 0.717) is 5.39 Å². The highest BCUT2D eigenvalue weighted by Gasteiger charge is 2.16. The number of aryl methyl sites for hydroxylation is 3. The van der Waals surface area contributed by atoms with Crippen LogP contribution in [0.3, 0.4) is 0 Å². The van der Waals surface area contributed by atoms with E-state index < -0.39 is 0 Å². The molecular weight excluding hydrogens is 346 g/mol. The van der Waals surface area contributed by atoms with Crippen molar-refractivity contribution >= 4 is 27.5 Å². The van der Waals surface area contributed by atoms with Gasteiger partial charge in [0.2, 0.25) is 5.91 Å². The monoisotopic (exact) mass is 367 g/mol. The standard InChI is InChI=1S/C20H21N3O2S/c1-12-8-17-19(26-12)21-11-23(20(17)25)10-18(24)22-13(2)15-7-6-14-4-3-5-16(14)9-15/h6-9,11,13H,3-5,10H2,1-2H3,(H,22,24). The first kappa shape index (κ1) is 17.0. The van der Waals surface area contributed by atoms with Gasteiger partial charge in [-0.25, -0.2) is 4.98 Å². The van der Waals surface area contributed by atoms with E-state index in [1.165, 1.54) is 39.8 Å². The number of rotatable bonds is 4. The third-order valence-corrected chi connectivity index (χ3v) is 5.91. The maximum atomic E-state index is 12.5. The van der Waals surface area contributed by atoms with Crippen LogP contribution in [0.15, 0.2) is 35.4 Å². The molecular formula is C20H21N3O2S. The average molecular weight is 367 g/mol. The van der Waals surface area contributed by atoms with Crippen LogP contribution in [0.1, 0.15) is 41.0 Å². The van der Waals surface area contributed by atoms with Gasteiger partial charge < -0.3 is 5.32 Å². The predicted octanol–water partition coefficient (Wildman–Crippen LogP) is 3.13. The third kappa shape index (κ3) is 3.17. The molecule has 1 amide bonds. The molecule has 6 heteroatoms. The largest absolute Gasteiger partial charge is 0.348 e. The lowest BCUT2D eigenvalue weighted by Gasteiger charge is -2.16. The molecule has 0 bridgehead atoms. The zero-order valence-corrected chi connectivity index (χ0v) is 15.7. The lowest BCUT2D eigenvalue weighted by molar-refractivity contribution is -0.122. The van der Waals surface area contributed by atoms with E-state index >= 15 is 0 Å². The summed E-state index contributed by atoms with van der Waals surface area (Å²) in [5, 5.41) is 3.57. The number of hydrogen-bond acceptors (Lipinski definition) is 4. The molecule has 1 aliphatic carbocycles. The van der Waals surface area contributed by atoms with Gasteiger partial charge in [-0.2, -0.15) is 0 Å². The van der Waals surface area contributed by atoms with Crippen molar-refractivity contribution in [2.24, 2.45) is 0 Å². The highest BCUT2D eigenvalue weighted by atomic mass is 32.1. The zero-order valence-electron chi connectivity index (χ0n) is 14.9. The Morgan fingerprint density at radius 2 is 2.12 bits per heavy atom. The number of thiophene rings is 1. The molecule has 1 aliphatic rings. The summed E-state index contributed by atoms with van der Waals surface area (Å²) in [6, 6.07) is 8.19. The van der Waals surface area contributed by atoms with Crippen molar-refractivity contribution in [1.82, 2.24) is 14.9 Å². The van der Waals surface area contributed by atoms with Crippen LogP contribution < -0.4 is 10.9 Å². The Morgan fingerprint density at radius 3 is 2.96 bits per heavy atom. The third-order valence-electron chi connectivity index (χ3n) is 4.96. The minimum absolute atomic E-state index is 0.0219. The Hall–Kier alpha value is -2.47. The maximum Gasteiger partial charge on any atom is 0.262 e. The molecule has 0 aliphatic heterocycles. The smallest absolute Gasteiger partial charge is 0.262 e. The van der Waals surface area contributed by atoms with E-state index in [4.69, 9.17) is 0 Å². The summed E-state index contributed by atoms with van der Waals surface area (Å²) >= 11 is 1.49. The first-order valence-electron chi connectivity index (χ1n) is 8.88. The topological polar surface area (TPSA) is 64.0 Å². The lowest BCUT2D eigenvalue weighted by Crippen LogP contribution is -2.33. The highest BCUT2D eigenvalue weighted by Crippen LogP contribution is 2.25. The van der Waals surface area contributed by atoms with Crippen LogP contribution in [-0.2, 0) is 24.2 Å². The van der Waals surface area contributed by atoms with Gasteiger partial charge in [0, 0.05) is 4.88 Å². The number of hydrogen-bond donors (Lipinski definition) is 1. The Labute approximate surface area is 155 Å². The Kier molecular flexibility index (Phi) is 4.36. The van der Waals surface area contributed by atoms with Crippen molar-refractivity contribution in [3.63, 3.8) is 0 Å². The summed E-state index contributed by atoms with van der Waals surface area (Å²) in [6.07, 6.45) is 4.93. The van der Waals surface area contributed by atoms with Crippen LogP contribution in [0.5, 0.6) is 0 Å². The van der Waals surface area contributed by atoms with E-state index in [1.54, 1.807) is 0 Å². The maximum absolute atomic E-state index is 12.5. The van der Waals surface area contributed by atoms with Crippen molar-refractivity contribution in [1.29, 1.82) is 0 Å². The molecule has 1 N–H and O–H groups in total. The lowest BCUT2D eigenvalue weighted by atomic mass is 10.0. The molecule has 4 rings (SSSR count). The second-order valence-corrected chi connectivity index (χ2v) is 8.16. The number of amides is 1. The Bertz CT molecular complexity index is 1050. The molecule has 0 spiro atoms. The highest BCUT2D eigenvalue weighted by molar-refractivity contribution is 7.18. The minimum Gasteiger partial charge on any atom is -0.348 e. The number of benzene rings is 1. The second kappa shape index (κ2) is 6.68. The van der Waals surface area contributed by atoms with Crippen molar-refractivity contribution in [3.8, 4) is 0 Å². The quantitative estimate of drug-likeness (QED) is 0.770. The fraction of sp³-hybridized carbons (Fsp3) is 0.350. The molecule has 5 nitrogen and oxygen atoms in total. The number of carbonyl (C=O) groups is 1. The van der Waals surface area contributed by atoms with Crippen LogP contribution in [0.2, 0.25) is 0 Å². The van der Waals surface area contributed by atoms with Crippen LogP contribution >= 0.6 is 11.3 Å². The molecule has 134 valence electrons. The molecule has 1 aromatic carbocycles. The summed E-state index contributed by atoms with van der Waals surface area (Å²) in [7, 11) is 0. The summed E-state index contributed by atoms with van der Waals surface area (Å²) in [4.78, 5) is 31.0. The van der Waals surface area contributed by atoms with Gasteiger partial charge in [-0.15, -0.1) is 11.3 Å². The number of aromatic nitrogens is 2. The van der Waals surface area contributed by atoms with E-state index in [1.807, 2.05) is 19.9 Å². The van der Waals surface area contributed by atoms with E-state index in [0.717, 1.165) is 28.1 Å². The second-order valence-electron chi connectivity index (χ2n) is 6.92. The molecule has 0 saturated heterocycles. The van der Waals surface area contributed by atoms with E-state index in [9.17, 15) is 9.59 Å².